The Bertz CT molecular complexity index is 1210. The fourth-order valence-corrected chi connectivity index (χ4v) is 4.06. The number of aromatic hydroxyl groups is 1. The van der Waals surface area contributed by atoms with Gasteiger partial charge in [-0.05, 0) is 42.7 Å². The minimum Gasteiger partial charge on any atom is -0.493 e. The monoisotopic (exact) mass is 428 g/mol. The SMILES string of the molecule is Cc1ccc(S(=O)(=O)N(C)CC(=O)N=Nc2c(O)[nH]c3ccc(C(C)C)cc23)cc1. The number of carbonyl (C=O) groups excluding carboxylic acids is 1. The molecule has 1 amide bonds. The Morgan fingerprint density at radius 3 is 2.47 bits per heavy atom. The molecule has 158 valence electrons. The first-order valence-electron chi connectivity index (χ1n) is 9.41. The zero-order valence-electron chi connectivity index (χ0n) is 17.2. The number of likely N-dealkylation sites (N-methyl/N-ethyl adjacent to an activating group) is 1. The van der Waals surface area contributed by atoms with Crippen molar-refractivity contribution in [2.75, 3.05) is 13.6 Å². The van der Waals surface area contributed by atoms with E-state index >= 15 is 0 Å². The Kier molecular flexibility index (Phi) is 6.04. The third-order valence-corrected chi connectivity index (χ3v) is 6.61. The summed E-state index contributed by atoms with van der Waals surface area (Å²) in [5, 5.41) is 18.3. The number of nitrogens with one attached hydrogen (secondary N) is 1. The predicted molar refractivity (Wildman–Crippen MR) is 115 cm³/mol. The van der Waals surface area contributed by atoms with Crippen LogP contribution in [-0.2, 0) is 14.8 Å². The second-order valence-electron chi connectivity index (χ2n) is 7.45. The van der Waals surface area contributed by atoms with Gasteiger partial charge in [-0.15, -0.1) is 10.2 Å². The van der Waals surface area contributed by atoms with Gasteiger partial charge in [0.2, 0.25) is 15.9 Å². The lowest BCUT2D eigenvalue weighted by atomic mass is 10.0. The Balaban J connectivity index is 1.80. The summed E-state index contributed by atoms with van der Waals surface area (Å²) in [5.74, 6) is -0.677. The number of aromatic amines is 1. The molecule has 1 heterocycles. The molecule has 3 aromatic rings. The Morgan fingerprint density at radius 2 is 1.83 bits per heavy atom. The van der Waals surface area contributed by atoms with Gasteiger partial charge in [0, 0.05) is 12.4 Å². The second kappa shape index (κ2) is 8.37. The van der Waals surface area contributed by atoms with Crippen molar-refractivity contribution in [3.63, 3.8) is 0 Å². The Labute approximate surface area is 175 Å². The number of aromatic nitrogens is 1. The minimum absolute atomic E-state index is 0.0934. The molecule has 3 rings (SSSR count). The van der Waals surface area contributed by atoms with Crippen LogP contribution >= 0.6 is 0 Å². The summed E-state index contributed by atoms with van der Waals surface area (Å²) in [6, 6.07) is 12.0. The van der Waals surface area contributed by atoms with Crippen molar-refractivity contribution in [2.24, 2.45) is 10.2 Å². The van der Waals surface area contributed by atoms with Crippen LogP contribution in [-0.4, -0.2) is 42.3 Å². The highest BCUT2D eigenvalue weighted by molar-refractivity contribution is 7.89. The Hall–Kier alpha value is -3.04. The Morgan fingerprint density at radius 1 is 1.17 bits per heavy atom. The molecule has 0 radical (unpaired) electrons. The second-order valence-corrected chi connectivity index (χ2v) is 9.49. The van der Waals surface area contributed by atoms with Crippen LogP contribution < -0.4 is 0 Å². The number of aryl methyl sites for hydroxylation is 1. The molecule has 0 atom stereocenters. The van der Waals surface area contributed by atoms with Crippen molar-refractivity contribution in [1.29, 1.82) is 0 Å². The van der Waals surface area contributed by atoms with Crippen molar-refractivity contribution in [3.05, 3.63) is 53.6 Å². The first-order chi connectivity index (χ1) is 14.1. The van der Waals surface area contributed by atoms with E-state index in [9.17, 15) is 18.3 Å². The van der Waals surface area contributed by atoms with Crippen LogP contribution in [0.25, 0.3) is 10.9 Å². The smallest absolute Gasteiger partial charge is 0.279 e. The average Bonchev–Trinajstić information content (AvgIpc) is 3.00. The summed E-state index contributed by atoms with van der Waals surface area (Å²) in [7, 11) is -2.52. The van der Waals surface area contributed by atoms with Crippen LogP contribution in [0.2, 0.25) is 0 Å². The van der Waals surface area contributed by atoms with Gasteiger partial charge >= 0.3 is 0 Å². The molecule has 0 aliphatic heterocycles. The molecule has 0 unspecified atom stereocenters. The van der Waals surface area contributed by atoms with E-state index in [2.05, 4.69) is 15.2 Å². The zero-order valence-corrected chi connectivity index (χ0v) is 18.1. The number of amides is 1. The van der Waals surface area contributed by atoms with Gasteiger partial charge in [-0.1, -0.05) is 37.6 Å². The quantitative estimate of drug-likeness (QED) is 0.571. The normalized spacial score (nSPS) is 12.5. The molecular formula is C21H24N4O4S. The fourth-order valence-electron chi connectivity index (χ4n) is 2.94. The number of carbonyl (C=O) groups is 1. The third-order valence-electron chi connectivity index (χ3n) is 4.79. The maximum absolute atomic E-state index is 12.6. The van der Waals surface area contributed by atoms with Crippen LogP contribution in [0.1, 0.15) is 30.9 Å². The number of rotatable bonds is 6. The van der Waals surface area contributed by atoms with Gasteiger partial charge in [-0.3, -0.25) is 4.79 Å². The van der Waals surface area contributed by atoms with Crippen LogP contribution in [0, 0.1) is 6.92 Å². The van der Waals surface area contributed by atoms with E-state index in [0.29, 0.717) is 10.9 Å². The lowest BCUT2D eigenvalue weighted by molar-refractivity contribution is -0.118. The van der Waals surface area contributed by atoms with Crippen molar-refractivity contribution in [1.82, 2.24) is 9.29 Å². The number of fused-ring (bicyclic) bond motifs is 1. The molecule has 9 heteroatoms. The molecule has 0 saturated heterocycles. The van der Waals surface area contributed by atoms with Gasteiger partial charge in [0.15, 0.2) is 5.69 Å². The maximum Gasteiger partial charge on any atom is 0.279 e. The molecule has 2 aromatic carbocycles. The summed E-state index contributed by atoms with van der Waals surface area (Å²) >= 11 is 0. The number of H-pyrrole nitrogens is 1. The molecule has 0 aliphatic rings. The van der Waals surface area contributed by atoms with Gasteiger partial charge in [-0.25, -0.2) is 8.42 Å². The van der Waals surface area contributed by atoms with Crippen LogP contribution in [0.5, 0.6) is 5.88 Å². The fraction of sp³-hybridized carbons (Fsp3) is 0.286. The summed E-state index contributed by atoms with van der Waals surface area (Å²) in [6.45, 7) is 5.47. The van der Waals surface area contributed by atoms with Crippen molar-refractivity contribution in [2.45, 2.75) is 31.6 Å². The highest BCUT2D eigenvalue weighted by Crippen LogP contribution is 2.37. The average molecular weight is 429 g/mol. The number of hydrogen-bond acceptors (Lipinski definition) is 5. The molecule has 0 aliphatic carbocycles. The number of azo groups is 1. The van der Waals surface area contributed by atoms with E-state index in [1.54, 1.807) is 12.1 Å². The number of benzene rings is 2. The van der Waals surface area contributed by atoms with E-state index in [4.69, 9.17) is 0 Å². The first-order valence-corrected chi connectivity index (χ1v) is 10.9. The maximum atomic E-state index is 12.6. The zero-order chi connectivity index (χ0) is 22.1. The van der Waals surface area contributed by atoms with Crippen LogP contribution in [0.15, 0.2) is 57.6 Å². The minimum atomic E-state index is -3.83. The highest BCUT2D eigenvalue weighted by atomic mass is 32.2. The number of hydrogen-bond donors (Lipinski definition) is 2. The molecule has 8 nitrogen and oxygen atoms in total. The molecular weight excluding hydrogens is 404 g/mol. The number of nitrogens with zero attached hydrogens (tertiary/aromatic N) is 3. The van der Waals surface area contributed by atoms with Gasteiger partial charge in [0.05, 0.1) is 17.0 Å². The number of sulfonamides is 1. The van der Waals surface area contributed by atoms with Crippen molar-refractivity contribution >= 4 is 32.5 Å². The summed E-state index contributed by atoms with van der Waals surface area (Å²) < 4.78 is 26.1. The van der Waals surface area contributed by atoms with E-state index in [1.807, 2.05) is 39.0 Å². The van der Waals surface area contributed by atoms with E-state index in [1.165, 1.54) is 19.2 Å². The third kappa shape index (κ3) is 4.42. The van der Waals surface area contributed by atoms with Crippen LogP contribution in [0.3, 0.4) is 0 Å². The van der Waals surface area contributed by atoms with Crippen LogP contribution in [0.4, 0.5) is 5.69 Å². The van der Waals surface area contributed by atoms with Crippen molar-refractivity contribution in [3.8, 4) is 5.88 Å². The molecule has 2 N–H and O–H groups in total. The van der Waals surface area contributed by atoms with E-state index < -0.39 is 22.5 Å². The molecule has 1 aromatic heterocycles. The van der Waals surface area contributed by atoms with E-state index in [0.717, 1.165) is 15.4 Å². The summed E-state index contributed by atoms with van der Waals surface area (Å²) in [5.41, 5.74) is 2.79. The highest BCUT2D eigenvalue weighted by Gasteiger charge is 2.23. The van der Waals surface area contributed by atoms with Gasteiger partial charge < -0.3 is 10.1 Å². The summed E-state index contributed by atoms with van der Waals surface area (Å²) in [4.78, 5) is 15.1. The van der Waals surface area contributed by atoms with Gasteiger partial charge in [-0.2, -0.15) is 4.31 Å². The van der Waals surface area contributed by atoms with Gasteiger partial charge in [0.25, 0.3) is 5.91 Å². The molecule has 0 fully saturated rings. The molecule has 0 bridgehead atoms. The van der Waals surface area contributed by atoms with E-state index in [-0.39, 0.29) is 22.4 Å². The van der Waals surface area contributed by atoms with Crippen molar-refractivity contribution < 1.29 is 18.3 Å². The largest absolute Gasteiger partial charge is 0.493 e. The topological polar surface area (TPSA) is 115 Å². The predicted octanol–water partition coefficient (Wildman–Crippen LogP) is 4.24. The van der Waals surface area contributed by atoms with Gasteiger partial charge in [0.1, 0.15) is 0 Å². The lowest BCUT2D eigenvalue weighted by Gasteiger charge is -2.15. The standard InChI is InChI=1S/C21H24N4O4S/c1-13(2)15-7-10-18-17(11-15)20(21(27)22-18)24-23-19(26)12-25(4)30(28,29)16-8-5-14(3)6-9-16/h5-11,13,22,27H,12H2,1-4H3. The molecule has 30 heavy (non-hydrogen) atoms. The molecule has 0 saturated carbocycles. The lowest BCUT2D eigenvalue weighted by Crippen LogP contribution is -2.31. The first kappa shape index (κ1) is 21.7. The molecule has 0 spiro atoms. The summed E-state index contributed by atoms with van der Waals surface area (Å²) in [6.07, 6.45) is 0.